The molecular weight excluding hydrogens is 468 g/mol. The minimum absolute atomic E-state index is 0.0805. The number of carboxylic acids is 3. The summed E-state index contributed by atoms with van der Waals surface area (Å²) in [6.45, 7) is -0.534. The molecule has 2 aromatic rings. The number of rotatable bonds is 12. The number of anilines is 1. The largest absolute Gasteiger partial charge is 0.480 e. The third kappa shape index (κ3) is 7.85. The molecule has 4 N–H and O–H groups in total. The Balaban J connectivity index is 1.78. The minimum atomic E-state index is -1.09. The van der Waals surface area contributed by atoms with Crippen LogP contribution < -0.4 is 5.32 Å². The maximum atomic E-state index is 12.8. The zero-order valence-corrected chi connectivity index (χ0v) is 19.7. The number of carbonyl (C=O) groups is 4. The number of carboxylic acid groups (broad SMARTS) is 3. The van der Waals surface area contributed by atoms with Crippen LogP contribution in [0.5, 0.6) is 0 Å². The number of nitrogens with one attached hydrogen (secondary N) is 1. The number of nitrogens with zero attached hydrogens (tertiary/aromatic N) is 3. The zero-order valence-electron chi connectivity index (χ0n) is 19.7. The van der Waals surface area contributed by atoms with Crippen molar-refractivity contribution in [2.75, 3.05) is 25.0 Å². The van der Waals surface area contributed by atoms with E-state index >= 15 is 0 Å². The number of hydrogen-bond donors (Lipinski definition) is 4. The molecule has 1 aromatic carbocycles. The molecule has 1 saturated carbocycles. The van der Waals surface area contributed by atoms with Crippen LogP contribution in [0.1, 0.15) is 41.7 Å². The van der Waals surface area contributed by atoms with Crippen molar-refractivity contribution in [3.05, 3.63) is 59.9 Å². The predicted molar refractivity (Wildman–Crippen MR) is 130 cm³/mol. The number of amides is 1. The van der Waals surface area contributed by atoms with Crippen molar-refractivity contribution >= 4 is 29.5 Å². The molecule has 1 unspecified atom stereocenters. The van der Waals surface area contributed by atoms with E-state index in [0.29, 0.717) is 24.2 Å². The molecule has 0 spiro atoms. The summed E-state index contributed by atoms with van der Waals surface area (Å²) in [5.74, 6) is -3.62. The lowest BCUT2D eigenvalue weighted by Gasteiger charge is -2.44. The molecule has 0 bridgehead atoms. The van der Waals surface area contributed by atoms with E-state index in [1.54, 1.807) is 22.1 Å². The summed E-state index contributed by atoms with van der Waals surface area (Å²) >= 11 is 0. The lowest BCUT2D eigenvalue weighted by atomic mass is 9.87. The van der Waals surface area contributed by atoms with Gasteiger partial charge in [0.2, 0.25) is 5.91 Å². The highest BCUT2D eigenvalue weighted by Gasteiger charge is 2.36. The number of pyridine rings is 1. The average Bonchev–Trinajstić information content (AvgIpc) is 2.83. The van der Waals surface area contributed by atoms with Gasteiger partial charge >= 0.3 is 17.9 Å². The van der Waals surface area contributed by atoms with Gasteiger partial charge in [-0.1, -0.05) is 18.9 Å². The average molecular weight is 499 g/mol. The Labute approximate surface area is 208 Å². The molecule has 0 aliphatic heterocycles. The smallest absolute Gasteiger partial charge is 0.335 e. The fourth-order valence-electron chi connectivity index (χ4n) is 4.65. The zero-order chi connectivity index (χ0) is 26.1. The molecule has 1 heterocycles. The second-order valence-corrected chi connectivity index (χ2v) is 8.77. The molecule has 11 heteroatoms. The molecule has 1 aromatic heterocycles. The van der Waals surface area contributed by atoms with Gasteiger partial charge in [-0.15, -0.1) is 0 Å². The third-order valence-corrected chi connectivity index (χ3v) is 6.16. The molecule has 3 rings (SSSR count). The molecular formula is C25H30N4O7. The van der Waals surface area contributed by atoms with Crippen LogP contribution in [0.4, 0.5) is 5.69 Å². The van der Waals surface area contributed by atoms with Crippen LogP contribution in [0, 0.1) is 0 Å². The predicted octanol–water partition coefficient (Wildman–Crippen LogP) is 2.00. The van der Waals surface area contributed by atoms with Gasteiger partial charge in [0, 0.05) is 30.5 Å². The molecule has 1 fully saturated rings. The van der Waals surface area contributed by atoms with Crippen molar-refractivity contribution in [2.24, 2.45) is 0 Å². The molecule has 0 radical (unpaired) electrons. The van der Waals surface area contributed by atoms with Crippen molar-refractivity contribution in [3.63, 3.8) is 0 Å². The van der Waals surface area contributed by atoms with Crippen LogP contribution in [0.2, 0.25) is 0 Å². The van der Waals surface area contributed by atoms with Crippen LogP contribution in [0.15, 0.2) is 48.7 Å². The van der Waals surface area contributed by atoms with Gasteiger partial charge < -0.3 is 20.6 Å². The van der Waals surface area contributed by atoms with Gasteiger partial charge in [-0.25, -0.2) is 4.79 Å². The van der Waals surface area contributed by atoms with Crippen LogP contribution in [0.25, 0.3) is 0 Å². The fourth-order valence-corrected chi connectivity index (χ4v) is 4.65. The van der Waals surface area contributed by atoms with Gasteiger partial charge in [0.1, 0.15) is 0 Å². The summed E-state index contributed by atoms with van der Waals surface area (Å²) in [5.41, 5.74) is 1.18. The molecule has 2 atom stereocenters. The quantitative estimate of drug-likeness (QED) is 0.341. The first kappa shape index (κ1) is 26.8. The van der Waals surface area contributed by atoms with Crippen LogP contribution >= 0.6 is 0 Å². The molecule has 1 amide bonds. The first-order chi connectivity index (χ1) is 17.2. The van der Waals surface area contributed by atoms with Gasteiger partial charge in [-0.2, -0.15) is 0 Å². The number of carbonyl (C=O) groups excluding carboxylic acids is 1. The summed E-state index contributed by atoms with van der Waals surface area (Å²) in [7, 11) is 0. The molecule has 1 aliphatic carbocycles. The van der Waals surface area contributed by atoms with Crippen LogP contribution in [-0.4, -0.2) is 85.6 Å². The lowest BCUT2D eigenvalue weighted by Crippen LogP contribution is -2.56. The van der Waals surface area contributed by atoms with Crippen LogP contribution in [-0.2, 0) is 20.9 Å². The van der Waals surface area contributed by atoms with Crippen molar-refractivity contribution < 1.29 is 34.5 Å². The topological polar surface area (TPSA) is 160 Å². The highest BCUT2D eigenvalue weighted by molar-refractivity contribution is 5.93. The van der Waals surface area contributed by atoms with Crippen molar-refractivity contribution in [2.45, 2.75) is 44.3 Å². The Hall–Kier alpha value is -3.83. The van der Waals surface area contributed by atoms with Gasteiger partial charge in [0.25, 0.3) is 0 Å². The first-order valence-electron chi connectivity index (χ1n) is 11.7. The molecule has 11 nitrogen and oxygen atoms in total. The molecule has 36 heavy (non-hydrogen) atoms. The van der Waals surface area contributed by atoms with E-state index in [-0.39, 0.29) is 43.8 Å². The summed E-state index contributed by atoms with van der Waals surface area (Å²) in [6.07, 6.45) is 4.62. The number of hydrogen-bond acceptors (Lipinski definition) is 7. The Kier molecular flexibility index (Phi) is 9.48. The highest BCUT2D eigenvalue weighted by Crippen LogP contribution is 2.28. The summed E-state index contributed by atoms with van der Waals surface area (Å²) in [4.78, 5) is 54.9. The van der Waals surface area contributed by atoms with E-state index in [1.165, 1.54) is 24.3 Å². The Morgan fingerprint density at radius 2 is 1.44 bits per heavy atom. The van der Waals surface area contributed by atoms with E-state index in [0.717, 1.165) is 12.8 Å². The Morgan fingerprint density at radius 3 is 2.00 bits per heavy atom. The Bertz CT molecular complexity index is 1060. The first-order valence-corrected chi connectivity index (χ1v) is 11.7. The standard InChI is InChI=1S/C25H30N4O7/c30-22(27-18-10-8-17(9-11-18)25(35)36)14-29(16-24(33)34)21-7-2-1-6-20(21)28(15-23(31)32)13-19-5-3-4-12-26-19/h3-5,8-12,20-21H,1-2,6-7,13-16H2,(H,27,30)(H,31,32)(H,33,34)(H,35,36)/t20?,21-/m0/s1. The van der Waals surface area contributed by atoms with E-state index in [9.17, 15) is 29.4 Å². The summed E-state index contributed by atoms with van der Waals surface area (Å²) in [6, 6.07) is 10.4. The van der Waals surface area contributed by atoms with Crippen molar-refractivity contribution in [3.8, 4) is 0 Å². The SMILES string of the molecule is O=C(O)CN(Cc1ccccn1)C1CCCC[C@@H]1N(CC(=O)O)CC(=O)Nc1ccc(C(=O)O)cc1. The summed E-state index contributed by atoms with van der Waals surface area (Å²) in [5, 5.41) is 30.8. The lowest BCUT2D eigenvalue weighted by molar-refractivity contribution is -0.143. The normalized spacial score (nSPS) is 17.6. The number of aliphatic carboxylic acids is 2. The van der Waals surface area contributed by atoms with Crippen molar-refractivity contribution in [1.82, 2.24) is 14.8 Å². The third-order valence-electron chi connectivity index (χ3n) is 6.16. The van der Waals surface area contributed by atoms with Gasteiger partial charge in [0.15, 0.2) is 0 Å². The minimum Gasteiger partial charge on any atom is -0.480 e. The van der Waals surface area contributed by atoms with E-state index < -0.39 is 23.8 Å². The number of benzene rings is 1. The monoisotopic (exact) mass is 498 g/mol. The molecule has 1 aliphatic rings. The van der Waals surface area contributed by atoms with Gasteiger partial charge in [0.05, 0.1) is 30.9 Å². The maximum Gasteiger partial charge on any atom is 0.335 e. The summed E-state index contributed by atoms with van der Waals surface area (Å²) < 4.78 is 0. The fraction of sp³-hybridized carbons (Fsp3) is 0.400. The van der Waals surface area contributed by atoms with E-state index in [1.807, 2.05) is 12.1 Å². The molecule has 192 valence electrons. The number of aromatic nitrogens is 1. The van der Waals surface area contributed by atoms with Gasteiger partial charge in [-0.3, -0.25) is 29.2 Å². The number of aromatic carboxylic acids is 1. The second kappa shape index (κ2) is 12.8. The van der Waals surface area contributed by atoms with E-state index in [2.05, 4.69) is 10.3 Å². The molecule has 0 saturated heterocycles. The van der Waals surface area contributed by atoms with Gasteiger partial charge in [-0.05, 0) is 49.2 Å². The Morgan fingerprint density at radius 1 is 0.833 bits per heavy atom. The maximum absolute atomic E-state index is 12.8. The van der Waals surface area contributed by atoms with Crippen LogP contribution in [0.3, 0.4) is 0 Å². The van der Waals surface area contributed by atoms with Crippen molar-refractivity contribution in [1.29, 1.82) is 0 Å². The van der Waals surface area contributed by atoms with E-state index in [4.69, 9.17) is 5.11 Å². The second-order valence-electron chi connectivity index (χ2n) is 8.77. The highest BCUT2D eigenvalue weighted by atomic mass is 16.4.